The van der Waals surface area contributed by atoms with Crippen molar-refractivity contribution in [2.75, 3.05) is 19.7 Å². The Morgan fingerprint density at radius 2 is 2.00 bits per heavy atom. The lowest BCUT2D eigenvalue weighted by atomic mass is 10.1. The monoisotopic (exact) mass is 466 g/mol. The summed E-state index contributed by atoms with van der Waals surface area (Å²) in [5.74, 6) is 0.425. The van der Waals surface area contributed by atoms with Crippen LogP contribution in [0.2, 0.25) is 5.02 Å². The van der Waals surface area contributed by atoms with Crippen molar-refractivity contribution >= 4 is 47.6 Å². The van der Waals surface area contributed by atoms with E-state index in [4.69, 9.17) is 22.1 Å². The molecule has 0 aliphatic carbocycles. The molecular formula is C16H24ClIN4O2. The molecule has 1 saturated heterocycles. The van der Waals surface area contributed by atoms with E-state index in [2.05, 4.69) is 10.3 Å². The van der Waals surface area contributed by atoms with Gasteiger partial charge in [-0.05, 0) is 37.5 Å². The van der Waals surface area contributed by atoms with Crippen LogP contribution in [0.25, 0.3) is 0 Å². The first kappa shape index (κ1) is 20.8. The molecule has 0 bridgehead atoms. The van der Waals surface area contributed by atoms with E-state index in [1.165, 1.54) is 0 Å². The summed E-state index contributed by atoms with van der Waals surface area (Å²) < 4.78 is 5.00. The van der Waals surface area contributed by atoms with Gasteiger partial charge in [-0.15, -0.1) is 24.0 Å². The van der Waals surface area contributed by atoms with Crippen LogP contribution < -0.4 is 11.1 Å². The van der Waals surface area contributed by atoms with Crippen LogP contribution in [0.5, 0.6) is 0 Å². The topological polar surface area (TPSA) is 80.0 Å². The van der Waals surface area contributed by atoms with E-state index >= 15 is 0 Å². The van der Waals surface area contributed by atoms with Crippen molar-refractivity contribution in [2.45, 2.75) is 32.4 Å². The van der Waals surface area contributed by atoms with Gasteiger partial charge in [0.2, 0.25) is 0 Å². The van der Waals surface area contributed by atoms with Crippen molar-refractivity contribution in [3.63, 3.8) is 0 Å². The number of carbonyl (C=O) groups is 1. The molecule has 6 nitrogen and oxygen atoms in total. The predicted molar refractivity (Wildman–Crippen MR) is 107 cm³/mol. The molecule has 24 heavy (non-hydrogen) atoms. The van der Waals surface area contributed by atoms with Crippen LogP contribution in [-0.4, -0.2) is 42.7 Å². The summed E-state index contributed by atoms with van der Waals surface area (Å²) >= 11 is 5.85. The summed E-state index contributed by atoms with van der Waals surface area (Å²) in [4.78, 5) is 17.7. The van der Waals surface area contributed by atoms with E-state index < -0.39 is 0 Å². The van der Waals surface area contributed by atoms with Gasteiger partial charge in [-0.3, -0.25) is 0 Å². The maximum absolute atomic E-state index is 11.6. The fourth-order valence-electron chi connectivity index (χ4n) is 2.44. The minimum Gasteiger partial charge on any atom is -0.450 e. The molecule has 0 atom stereocenters. The number of aliphatic imine (C=N–C) groups is 1. The number of benzene rings is 1. The smallest absolute Gasteiger partial charge is 0.409 e. The predicted octanol–water partition coefficient (Wildman–Crippen LogP) is 2.98. The third-order valence-corrected chi connectivity index (χ3v) is 3.97. The lowest BCUT2D eigenvalue weighted by Crippen LogP contribution is -2.48. The van der Waals surface area contributed by atoms with Crippen LogP contribution in [0.4, 0.5) is 4.79 Å². The Kier molecular flexibility index (Phi) is 9.20. The molecule has 0 spiro atoms. The summed E-state index contributed by atoms with van der Waals surface area (Å²) in [6, 6.07) is 7.76. The highest BCUT2D eigenvalue weighted by Crippen LogP contribution is 2.12. The fraction of sp³-hybridized carbons (Fsp3) is 0.500. The van der Waals surface area contributed by atoms with Crippen molar-refractivity contribution in [3.8, 4) is 0 Å². The molecule has 1 aliphatic rings. The van der Waals surface area contributed by atoms with Gasteiger partial charge in [0, 0.05) is 24.2 Å². The fourth-order valence-corrected chi connectivity index (χ4v) is 2.57. The molecule has 1 aromatic rings. The van der Waals surface area contributed by atoms with Gasteiger partial charge in [0.15, 0.2) is 5.96 Å². The number of ether oxygens (including phenoxy) is 1. The van der Waals surface area contributed by atoms with Crippen LogP contribution >= 0.6 is 35.6 Å². The summed E-state index contributed by atoms with van der Waals surface area (Å²) in [5, 5.41) is 3.92. The number of carbonyl (C=O) groups excluding carboxylic acids is 1. The number of guanidine groups is 1. The molecule has 0 unspecified atom stereocenters. The zero-order valence-corrected chi connectivity index (χ0v) is 16.8. The number of amides is 1. The van der Waals surface area contributed by atoms with Gasteiger partial charge >= 0.3 is 6.09 Å². The summed E-state index contributed by atoms with van der Waals surface area (Å²) in [7, 11) is 0. The largest absolute Gasteiger partial charge is 0.450 e. The number of halogens is 2. The van der Waals surface area contributed by atoms with Gasteiger partial charge < -0.3 is 20.7 Å². The second kappa shape index (κ2) is 10.6. The van der Waals surface area contributed by atoms with E-state index in [0.29, 0.717) is 37.2 Å². The van der Waals surface area contributed by atoms with E-state index in [1.54, 1.807) is 4.90 Å². The molecular weight excluding hydrogens is 443 g/mol. The quantitative estimate of drug-likeness (QED) is 0.406. The van der Waals surface area contributed by atoms with Crippen LogP contribution in [0.3, 0.4) is 0 Å². The van der Waals surface area contributed by atoms with Crippen LogP contribution in [0.1, 0.15) is 25.3 Å². The lowest BCUT2D eigenvalue weighted by Gasteiger charge is -2.31. The lowest BCUT2D eigenvalue weighted by molar-refractivity contribution is 0.0963. The molecule has 8 heteroatoms. The van der Waals surface area contributed by atoms with E-state index in [9.17, 15) is 4.79 Å². The Bertz CT molecular complexity index is 546. The molecule has 134 valence electrons. The SMILES string of the molecule is CCOC(=O)N1CCC(NC(N)=NCc2ccc(Cl)cc2)CC1.I. The Hall–Kier alpha value is -1.22. The van der Waals surface area contributed by atoms with Gasteiger partial charge in [0.1, 0.15) is 0 Å². The summed E-state index contributed by atoms with van der Waals surface area (Å²) in [5.41, 5.74) is 6.98. The maximum atomic E-state index is 11.6. The summed E-state index contributed by atoms with van der Waals surface area (Å²) in [6.07, 6.45) is 1.42. The highest BCUT2D eigenvalue weighted by atomic mass is 127. The number of hydrogen-bond donors (Lipinski definition) is 2. The highest BCUT2D eigenvalue weighted by Gasteiger charge is 2.23. The second-order valence-electron chi connectivity index (χ2n) is 5.43. The summed E-state index contributed by atoms with van der Waals surface area (Å²) in [6.45, 7) is 4.06. The van der Waals surface area contributed by atoms with Gasteiger partial charge in [-0.2, -0.15) is 0 Å². The average molecular weight is 467 g/mol. The van der Waals surface area contributed by atoms with E-state index in [1.807, 2.05) is 31.2 Å². The van der Waals surface area contributed by atoms with Gasteiger partial charge in [-0.25, -0.2) is 9.79 Å². The zero-order valence-electron chi connectivity index (χ0n) is 13.7. The molecule has 0 radical (unpaired) electrons. The molecule has 3 N–H and O–H groups in total. The number of nitrogens with two attached hydrogens (primary N) is 1. The van der Waals surface area contributed by atoms with E-state index in [0.717, 1.165) is 18.4 Å². The standard InChI is InChI=1S/C16H23ClN4O2.HI/c1-2-23-16(22)21-9-7-14(8-10-21)20-15(18)19-11-12-3-5-13(17)6-4-12;/h3-6,14H,2,7-11H2,1H3,(H3,18,19,20);1H. The molecule has 0 saturated carbocycles. The zero-order chi connectivity index (χ0) is 16.7. The molecule has 1 amide bonds. The number of piperidine rings is 1. The molecule has 1 heterocycles. The molecule has 1 aromatic carbocycles. The first-order valence-corrected chi connectivity index (χ1v) is 8.19. The number of rotatable bonds is 4. The third-order valence-electron chi connectivity index (χ3n) is 3.72. The number of likely N-dealkylation sites (tertiary alicyclic amines) is 1. The third kappa shape index (κ3) is 6.72. The van der Waals surface area contributed by atoms with Crippen molar-refractivity contribution in [1.29, 1.82) is 0 Å². The maximum Gasteiger partial charge on any atom is 0.409 e. The Balaban J connectivity index is 0.00000288. The molecule has 0 aromatic heterocycles. The van der Waals surface area contributed by atoms with Crippen molar-refractivity contribution in [1.82, 2.24) is 10.2 Å². The minimum atomic E-state index is -0.240. The first-order valence-electron chi connectivity index (χ1n) is 7.81. The number of nitrogens with one attached hydrogen (secondary N) is 1. The molecule has 1 aliphatic heterocycles. The second-order valence-corrected chi connectivity index (χ2v) is 5.87. The Labute approximate surface area is 164 Å². The van der Waals surface area contributed by atoms with Crippen LogP contribution in [0.15, 0.2) is 29.3 Å². The molecule has 1 fully saturated rings. The van der Waals surface area contributed by atoms with Gasteiger partial charge in [0.05, 0.1) is 13.2 Å². The highest BCUT2D eigenvalue weighted by molar-refractivity contribution is 14.0. The number of nitrogens with zero attached hydrogens (tertiary/aromatic N) is 2. The average Bonchev–Trinajstić information content (AvgIpc) is 2.55. The normalized spacial score (nSPS) is 15.6. The van der Waals surface area contributed by atoms with Gasteiger partial charge in [-0.1, -0.05) is 23.7 Å². The van der Waals surface area contributed by atoms with Crippen LogP contribution in [-0.2, 0) is 11.3 Å². The van der Waals surface area contributed by atoms with E-state index in [-0.39, 0.29) is 36.1 Å². The van der Waals surface area contributed by atoms with Crippen molar-refractivity contribution < 1.29 is 9.53 Å². The number of hydrogen-bond acceptors (Lipinski definition) is 3. The first-order chi connectivity index (χ1) is 11.1. The minimum absolute atomic E-state index is 0. The van der Waals surface area contributed by atoms with Crippen molar-refractivity contribution in [3.05, 3.63) is 34.9 Å². The molecule has 2 rings (SSSR count). The van der Waals surface area contributed by atoms with Crippen LogP contribution in [0, 0.1) is 0 Å². The van der Waals surface area contributed by atoms with Crippen molar-refractivity contribution in [2.24, 2.45) is 10.7 Å². The Morgan fingerprint density at radius 1 is 1.38 bits per heavy atom. The van der Waals surface area contributed by atoms with Gasteiger partial charge in [0.25, 0.3) is 0 Å². The Morgan fingerprint density at radius 3 is 2.58 bits per heavy atom.